The van der Waals surface area contributed by atoms with Crippen LogP contribution in [-0.4, -0.2) is 37.2 Å². The van der Waals surface area contributed by atoms with Crippen LogP contribution >= 0.6 is 0 Å². The molecular formula is C48H92O6. The van der Waals surface area contributed by atoms with E-state index in [9.17, 15) is 14.4 Å². The maximum Gasteiger partial charge on any atom is 0.306 e. The Kier molecular flexibility index (Phi) is 41.3. The largest absolute Gasteiger partial charge is 0.462 e. The van der Waals surface area contributed by atoms with E-state index in [1.54, 1.807) is 0 Å². The van der Waals surface area contributed by atoms with E-state index in [1.807, 2.05) is 0 Å². The number of hydrogen-bond donors (Lipinski definition) is 0. The van der Waals surface area contributed by atoms with Crippen LogP contribution in [0.5, 0.6) is 0 Å². The van der Waals surface area contributed by atoms with Gasteiger partial charge in [-0.3, -0.25) is 14.4 Å². The Bertz CT molecular complexity index is 811. The maximum absolute atomic E-state index is 12.5. The third-order valence-electron chi connectivity index (χ3n) is 10.8. The second-order valence-corrected chi connectivity index (χ2v) is 16.9. The van der Waals surface area contributed by atoms with Gasteiger partial charge in [0.1, 0.15) is 13.2 Å². The predicted molar refractivity (Wildman–Crippen MR) is 229 cm³/mol. The van der Waals surface area contributed by atoms with Gasteiger partial charge in [-0.25, -0.2) is 0 Å². The second-order valence-electron chi connectivity index (χ2n) is 16.9. The average molecular weight is 765 g/mol. The molecule has 0 aliphatic carbocycles. The van der Waals surface area contributed by atoms with Gasteiger partial charge in [0, 0.05) is 19.3 Å². The molecule has 0 bridgehead atoms. The Morgan fingerprint density at radius 3 is 0.907 bits per heavy atom. The van der Waals surface area contributed by atoms with Crippen LogP contribution in [0.4, 0.5) is 0 Å². The van der Waals surface area contributed by atoms with Gasteiger partial charge in [-0.1, -0.05) is 227 Å². The summed E-state index contributed by atoms with van der Waals surface area (Å²) in [5, 5.41) is 0. The van der Waals surface area contributed by atoms with Gasteiger partial charge >= 0.3 is 17.9 Å². The molecule has 0 spiro atoms. The van der Waals surface area contributed by atoms with E-state index >= 15 is 0 Å². The molecule has 0 amide bonds. The molecule has 0 aromatic carbocycles. The van der Waals surface area contributed by atoms with Gasteiger partial charge in [0.2, 0.25) is 0 Å². The van der Waals surface area contributed by atoms with Gasteiger partial charge in [-0.2, -0.15) is 0 Å². The molecule has 0 heterocycles. The molecule has 0 rings (SSSR count). The Morgan fingerprint density at radius 1 is 0.352 bits per heavy atom. The number of hydrogen-bond acceptors (Lipinski definition) is 6. The standard InChI is InChI=1S/C48H92O6/c1-5-7-9-11-12-13-14-15-16-17-18-19-22-25-28-32-35-39-46(49)52-42-45(54-48(51)41-37-30-10-8-6-2)43-53-47(50)40-36-33-29-26-23-20-21-24-27-31-34-38-44(3)4/h44-45H,5-43H2,1-4H3/t45-/m0/s1. The highest BCUT2D eigenvalue weighted by atomic mass is 16.6. The van der Waals surface area contributed by atoms with Crippen molar-refractivity contribution in [2.45, 2.75) is 271 Å². The second kappa shape index (κ2) is 42.6. The van der Waals surface area contributed by atoms with Crippen molar-refractivity contribution in [1.82, 2.24) is 0 Å². The SMILES string of the molecule is CCCCCCCCCCCCCCCCCCCC(=O)OC[C@@H](COC(=O)CCCCCCCCCCCCCC(C)C)OC(=O)CCCCCCC. The highest BCUT2D eigenvalue weighted by Gasteiger charge is 2.19. The Morgan fingerprint density at radius 2 is 0.611 bits per heavy atom. The van der Waals surface area contributed by atoms with Crippen LogP contribution in [0.15, 0.2) is 0 Å². The van der Waals surface area contributed by atoms with E-state index < -0.39 is 6.10 Å². The molecule has 1 atom stereocenters. The van der Waals surface area contributed by atoms with Crippen LogP contribution < -0.4 is 0 Å². The smallest absolute Gasteiger partial charge is 0.306 e. The summed E-state index contributed by atoms with van der Waals surface area (Å²) in [4.78, 5) is 37.5. The molecule has 0 aliphatic rings. The molecule has 0 N–H and O–H groups in total. The summed E-state index contributed by atoms with van der Waals surface area (Å²) in [6, 6.07) is 0. The van der Waals surface area contributed by atoms with Gasteiger partial charge < -0.3 is 14.2 Å². The third kappa shape index (κ3) is 41.6. The van der Waals surface area contributed by atoms with Crippen LogP contribution in [0.2, 0.25) is 0 Å². The summed E-state index contributed by atoms with van der Waals surface area (Å²) in [5.74, 6) is -0.0388. The van der Waals surface area contributed by atoms with Crippen molar-refractivity contribution in [1.29, 1.82) is 0 Å². The summed E-state index contributed by atoms with van der Waals surface area (Å²) in [6.07, 6.45) is 42.6. The lowest BCUT2D eigenvalue weighted by atomic mass is 10.0. The Balaban J connectivity index is 4.09. The van der Waals surface area contributed by atoms with Crippen LogP contribution in [0, 0.1) is 5.92 Å². The van der Waals surface area contributed by atoms with Gasteiger partial charge in [0.15, 0.2) is 6.10 Å². The molecule has 0 saturated carbocycles. The molecule has 6 heteroatoms. The fourth-order valence-corrected chi connectivity index (χ4v) is 7.16. The average Bonchev–Trinajstić information content (AvgIpc) is 3.15. The van der Waals surface area contributed by atoms with E-state index in [1.165, 1.54) is 154 Å². The summed E-state index contributed by atoms with van der Waals surface area (Å²) in [6.45, 7) is 8.93. The third-order valence-corrected chi connectivity index (χ3v) is 10.8. The normalized spacial score (nSPS) is 11.9. The van der Waals surface area contributed by atoms with Crippen molar-refractivity contribution in [3.05, 3.63) is 0 Å². The molecule has 0 fully saturated rings. The van der Waals surface area contributed by atoms with E-state index in [2.05, 4.69) is 27.7 Å². The summed E-state index contributed by atoms with van der Waals surface area (Å²) in [5.41, 5.74) is 0. The van der Waals surface area contributed by atoms with Crippen LogP contribution in [-0.2, 0) is 28.6 Å². The number of rotatable bonds is 43. The lowest BCUT2D eigenvalue weighted by molar-refractivity contribution is -0.167. The number of esters is 3. The molecule has 6 nitrogen and oxygen atoms in total. The first-order chi connectivity index (χ1) is 26.4. The van der Waals surface area contributed by atoms with Crippen molar-refractivity contribution in [3.63, 3.8) is 0 Å². The Labute approximate surface area is 336 Å². The minimum atomic E-state index is -0.758. The van der Waals surface area contributed by atoms with Crippen molar-refractivity contribution in [3.8, 4) is 0 Å². The first-order valence-electron chi connectivity index (χ1n) is 23.9. The molecule has 0 saturated heterocycles. The molecule has 0 aromatic rings. The zero-order chi connectivity index (χ0) is 39.6. The molecule has 54 heavy (non-hydrogen) atoms. The minimum absolute atomic E-state index is 0.0649. The number of carbonyl (C=O) groups is 3. The van der Waals surface area contributed by atoms with E-state index in [0.29, 0.717) is 19.3 Å². The van der Waals surface area contributed by atoms with Crippen LogP contribution in [0.25, 0.3) is 0 Å². The molecular weight excluding hydrogens is 673 g/mol. The van der Waals surface area contributed by atoms with E-state index in [4.69, 9.17) is 14.2 Å². The number of ether oxygens (including phenoxy) is 3. The first-order valence-corrected chi connectivity index (χ1v) is 23.9. The summed E-state index contributed by atoms with van der Waals surface area (Å²) in [7, 11) is 0. The van der Waals surface area contributed by atoms with Crippen molar-refractivity contribution in [2.75, 3.05) is 13.2 Å². The van der Waals surface area contributed by atoms with Gasteiger partial charge in [0.25, 0.3) is 0 Å². The highest BCUT2D eigenvalue weighted by molar-refractivity contribution is 5.71. The number of unbranched alkanes of at least 4 members (excludes halogenated alkanes) is 30. The fraction of sp³-hybridized carbons (Fsp3) is 0.938. The molecule has 0 unspecified atom stereocenters. The molecule has 0 aliphatic heterocycles. The quantitative estimate of drug-likeness (QED) is 0.0349. The van der Waals surface area contributed by atoms with Crippen molar-refractivity contribution in [2.24, 2.45) is 5.92 Å². The number of carbonyl (C=O) groups excluding carboxylic acids is 3. The minimum Gasteiger partial charge on any atom is -0.462 e. The van der Waals surface area contributed by atoms with Crippen molar-refractivity contribution < 1.29 is 28.6 Å². The topological polar surface area (TPSA) is 78.9 Å². The summed E-state index contributed by atoms with van der Waals surface area (Å²) < 4.78 is 16.6. The molecule has 0 radical (unpaired) electrons. The van der Waals surface area contributed by atoms with Gasteiger partial charge in [-0.15, -0.1) is 0 Å². The van der Waals surface area contributed by atoms with E-state index in [0.717, 1.165) is 70.1 Å². The predicted octanol–water partition coefficient (Wildman–Crippen LogP) is 15.1. The van der Waals surface area contributed by atoms with Crippen molar-refractivity contribution >= 4 is 17.9 Å². The monoisotopic (exact) mass is 765 g/mol. The lowest BCUT2D eigenvalue weighted by Crippen LogP contribution is -2.30. The first kappa shape index (κ1) is 52.4. The Hall–Kier alpha value is -1.59. The van der Waals surface area contributed by atoms with Gasteiger partial charge in [-0.05, 0) is 25.2 Å². The lowest BCUT2D eigenvalue weighted by Gasteiger charge is -2.18. The van der Waals surface area contributed by atoms with Crippen LogP contribution in [0.3, 0.4) is 0 Å². The zero-order valence-corrected chi connectivity index (χ0v) is 36.7. The summed E-state index contributed by atoms with van der Waals surface area (Å²) >= 11 is 0. The fourth-order valence-electron chi connectivity index (χ4n) is 7.16. The highest BCUT2D eigenvalue weighted by Crippen LogP contribution is 2.16. The van der Waals surface area contributed by atoms with Gasteiger partial charge in [0.05, 0.1) is 0 Å². The molecule has 320 valence electrons. The van der Waals surface area contributed by atoms with E-state index in [-0.39, 0.29) is 31.1 Å². The van der Waals surface area contributed by atoms with Crippen LogP contribution in [0.1, 0.15) is 265 Å². The molecule has 0 aromatic heterocycles. The maximum atomic E-state index is 12.5. The zero-order valence-electron chi connectivity index (χ0n) is 36.7.